The van der Waals surface area contributed by atoms with Gasteiger partial charge in [-0.3, -0.25) is 34.5 Å². The number of fused-ring (bicyclic) bond motifs is 6. The summed E-state index contributed by atoms with van der Waals surface area (Å²) in [7, 11) is 0. The van der Waals surface area contributed by atoms with E-state index in [1.807, 2.05) is 102 Å². The Balaban J connectivity index is 0.000000146. The topological polar surface area (TPSA) is 325 Å². The summed E-state index contributed by atoms with van der Waals surface area (Å²) in [6.45, 7) is 3.09. The second kappa shape index (κ2) is 22.9. The summed E-state index contributed by atoms with van der Waals surface area (Å²) in [6.07, 6.45) is 19.4. The van der Waals surface area contributed by atoms with Crippen molar-refractivity contribution in [2.24, 2.45) is 0 Å². The zero-order chi connectivity index (χ0) is 57.3. The predicted molar refractivity (Wildman–Crippen MR) is 308 cm³/mol. The van der Waals surface area contributed by atoms with Crippen LogP contribution < -0.4 is 16.8 Å². The largest absolute Gasteiger partial charge is 0.475 e. The van der Waals surface area contributed by atoms with Crippen molar-refractivity contribution in [3.05, 3.63) is 157 Å². The molecule has 10 aromatic rings. The summed E-state index contributed by atoms with van der Waals surface area (Å²) in [4.78, 5) is 77.7. The molecule has 4 bridgehead atoms. The van der Waals surface area contributed by atoms with E-state index >= 15 is 0 Å². The summed E-state index contributed by atoms with van der Waals surface area (Å²) in [5.41, 5.74) is 24.2. The van der Waals surface area contributed by atoms with E-state index in [0.717, 1.165) is 88.9 Å². The number of carbonyl (C=O) groups excluding carboxylic acids is 3. The Morgan fingerprint density at radius 1 is 0.542 bits per heavy atom. The number of nitrogens with two attached hydrogens (primary N) is 2. The molecule has 4 atom stereocenters. The molecule has 0 aliphatic carbocycles. The van der Waals surface area contributed by atoms with Gasteiger partial charge in [0, 0.05) is 81.8 Å². The van der Waals surface area contributed by atoms with Crippen LogP contribution in [-0.4, -0.2) is 127 Å². The van der Waals surface area contributed by atoms with E-state index in [2.05, 4.69) is 55.8 Å². The first-order chi connectivity index (χ1) is 40.4. The number of aromatic nitrogens is 14. The minimum atomic E-state index is -1.09. The van der Waals surface area contributed by atoms with Gasteiger partial charge in [-0.1, -0.05) is 79.2 Å². The van der Waals surface area contributed by atoms with Crippen LogP contribution in [0.1, 0.15) is 143 Å². The highest BCUT2D eigenvalue weighted by Gasteiger charge is 2.44. The molecule has 14 rings (SSSR count). The van der Waals surface area contributed by atoms with Gasteiger partial charge >= 0.3 is 5.97 Å². The van der Waals surface area contributed by atoms with Gasteiger partial charge in [0.2, 0.25) is 11.6 Å². The summed E-state index contributed by atoms with van der Waals surface area (Å²) in [5, 5.41) is 32.9. The van der Waals surface area contributed by atoms with Crippen LogP contribution in [0.5, 0.6) is 0 Å². The number of pyridine rings is 2. The molecule has 1 amide bonds. The number of hydrogen-bond acceptors (Lipinski definition) is 17. The Bertz CT molecular complexity index is 3960. The number of nitrogens with one attached hydrogen (secondary N) is 3. The third-order valence-electron chi connectivity index (χ3n) is 16.3. The van der Waals surface area contributed by atoms with Crippen LogP contribution in [0.4, 0.5) is 11.6 Å². The lowest BCUT2D eigenvalue weighted by molar-refractivity contribution is 0.0219. The van der Waals surface area contributed by atoms with Gasteiger partial charge in [0.25, 0.3) is 5.91 Å². The number of piperidine rings is 4. The normalized spacial score (nSPS) is 20.0. The standard InChI is InChI=1S/C30H29N9O2.C27H28N6O.C3H3N3O2/c1-17(40)25-26(20-12-21-8-5-9-22(13-20)38(21)30(41)28-33-16-34-37-28)36-29-23(15-35-39(29)27(25)31)19-10-11-24(32-14-19)18-6-3-2-4-7-18;1-16(34)24-25(19-12-20-8-5-9-21(13-19)31-20)32-27-22(15-30-33(27)26(24)28)18-10-11-23(29-14-18)17-6-3-2-4-7-17;7-3(8)2-4-1-5-6-2/h2-4,6-7,10-11,14-16,20-22H,5,8-9,12-13,31H2,1H3,(H,33,34,37);2-4,6-7,10-11,14-15,19-21,31H,5,8-9,12-13,28H2,1H3;1H,(H,7,8)(H,4,5,6). The number of aromatic carboxylic acids is 1. The van der Waals surface area contributed by atoms with E-state index in [0.29, 0.717) is 58.9 Å². The first-order valence-electron chi connectivity index (χ1n) is 27.8. The van der Waals surface area contributed by atoms with Crippen LogP contribution in [0.2, 0.25) is 0 Å². The molecule has 12 heterocycles. The maximum absolute atomic E-state index is 13.3. The second-order valence-electron chi connectivity index (χ2n) is 21.6. The number of amides is 1. The molecule has 4 aliphatic heterocycles. The molecule has 8 aromatic heterocycles. The molecule has 4 fully saturated rings. The van der Waals surface area contributed by atoms with Gasteiger partial charge in [-0.15, -0.1) is 0 Å². The van der Waals surface area contributed by atoms with E-state index in [1.165, 1.54) is 32.5 Å². The second-order valence-corrected chi connectivity index (χ2v) is 21.6. The van der Waals surface area contributed by atoms with Gasteiger partial charge in [-0.2, -0.15) is 29.4 Å². The Labute approximate surface area is 475 Å². The number of anilines is 2. The van der Waals surface area contributed by atoms with Gasteiger partial charge in [0.15, 0.2) is 22.9 Å². The van der Waals surface area contributed by atoms with E-state index in [9.17, 15) is 19.2 Å². The fourth-order valence-electron chi connectivity index (χ4n) is 12.6. The molecule has 4 saturated heterocycles. The van der Waals surface area contributed by atoms with Crippen molar-refractivity contribution in [3.8, 4) is 44.8 Å². The predicted octanol–water partition coefficient (Wildman–Crippen LogP) is 8.44. The molecule has 0 spiro atoms. The van der Waals surface area contributed by atoms with E-state index in [4.69, 9.17) is 26.5 Å². The summed E-state index contributed by atoms with van der Waals surface area (Å²) in [6, 6.07) is 29.1. The smallest absolute Gasteiger partial charge is 0.373 e. The lowest BCUT2D eigenvalue weighted by atomic mass is 9.76. The Morgan fingerprint density at radius 3 is 1.41 bits per heavy atom. The number of hydrogen-bond donors (Lipinski definition) is 6. The Morgan fingerprint density at radius 2 is 1.00 bits per heavy atom. The SMILES string of the molecule is CC(=O)c1c(C2CC3CCCC(C2)N3)nc2c(-c3ccc(-c4ccccc4)nc3)cnn2c1N.CC(=O)c1c(C2CC3CCCC(C2)N3C(=O)c2ncn[nH]2)nc2c(-c3ccc(-c4ccccc4)nc3)cnn2c1N.O=C(O)c1ncn[nH]1. The number of rotatable bonds is 10. The van der Waals surface area contributed by atoms with Crippen LogP contribution in [-0.2, 0) is 0 Å². The van der Waals surface area contributed by atoms with Crippen molar-refractivity contribution in [3.63, 3.8) is 0 Å². The maximum atomic E-state index is 13.3. The molecule has 0 radical (unpaired) electrons. The summed E-state index contributed by atoms with van der Waals surface area (Å²) in [5.74, 6) is -0.480. The number of carboxylic acids is 1. The van der Waals surface area contributed by atoms with E-state index in [1.54, 1.807) is 28.3 Å². The Hall–Kier alpha value is -9.90. The molecular weight excluding hydrogens is 1050 g/mol. The van der Waals surface area contributed by atoms with Crippen LogP contribution in [0.3, 0.4) is 0 Å². The first kappa shape index (κ1) is 53.7. The summed E-state index contributed by atoms with van der Waals surface area (Å²) >= 11 is 0. The zero-order valence-corrected chi connectivity index (χ0v) is 45.6. The summed E-state index contributed by atoms with van der Waals surface area (Å²) < 4.78 is 3.15. The number of carbonyl (C=O) groups is 4. The minimum absolute atomic E-state index is 0.0169. The molecule has 420 valence electrons. The molecule has 2 aromatic carbocycles. The van der Waals surface area contributed by atoms with Gasteiger partial charge in [0.1, 0.15) is 24.3 Å². The first-order valence-corrected chi connectivity index (χ1v) is 27.8. The van der Waals surface area contributed by atoms with Crippen LogP contribution >= 0.6 is 0 Å². The molecule has 4 aliphatic rings. The number of ketones is 2. The van der Waals surface area contributed by atoms with Gasteiger partial charge in [-0.25, -0.2) is 24.7 Å². The molecule has 4 unspecified atom stereocenters. The lowest BCUT2D eigenvalue weighted by Crippen LogP contribution is -2.54. The highest BCUT2D eigenvalue weighted by molar-refractivity contribution is 6.01. The van der Waals surface area contributed by atoms with Gasteiger partial charge < -0.3 is 26.8 Å². The lowest BCUT2D eigenvalue weighted by Gasteiger charge is -2.48. The van der Waals surface area contributed by atoms with E-state index < -0.39 is 5.97 Å². The third-order valence-corrected chi connectivity index (χ3v) is 16.3. The maximum Gasteiger partial charge on any atom is 0.373 e. The minimum Gasteiger partial charge on any atom is -0.475 e. The average Bonchev–Trinajstić information content (AvgIpc) is 4.47. The number of aromatic amines is 2. The quantitative estimate of drug-likeness (QED) is 0.0699. The van der Waals surface area contributed by atoms with E-state index in [-0.39, 0.29) is 58.9 Å². The Kier molecular flexibility index (Phi) is 14.8. The number of benzene rings is 2. The molecule has 0 saturated carbocycles. The number of Topliss-reactive ketones (excluding diaryl/α,β-unsaturated/α-hetero) is 2. The van der Waals surface area contributed by atoms with Crippen molar-refractivity contribution >= 4 is 46.4 Å². The molecule has 23 heteroatoms. The molecule has 23 nitrogen and oxygen atoms in total. The highest BCUT2D eigenvalue weighted by atomic mass is 16.4. The van der Waals surface area contributed by atoms with Crippen LogP contribution in [0.15, 0.2) is 122 Å². The number of nitrogen functional groups attached to an aromatic ring is 2. The van der Waals surface area contributed by atoms with Crippen molar-refractivity contribution in [2.75, 3.05) is 11.5 Å². The fourth-order valence-corrected chi connectivity index (χ4v) is 12.6. The fraction of sp³-hybridized carbons (Fsp3) is 0.300. The van der Waals surface area contributed by atoms with Gasteiger partial charge in [-0.05, 0) is 83.8 Å². The average molecular weight is 1110 g/mol. The molecule has 83 heavy (non-hydrogen) atoms. The monoisotopic (exact) mass is 1110 g/mol. The van der Waals surface area contributed by atoms with Crippen LogP contribution in [0, 0.1) is 0 Å². The molecule has 8 N–H and O–H groups in total. The van der Waals surface area contributed by atoms with Crippen molar-refractivity contribution in [1.82, 2.24) is 79.7 Å². The zero-order valence-electron chi connectivity index (χ0n) is 45.6. The number of nitrogens with zero attached hydrogens (tertiary/aromatic N) is 13. The van der Waals surface area contributed by atoms with Crippen LogP contribution in [0.25, 0.3) is 56.1 Å². The van der Waals surface area contributed by atoms with Crippen molar-refractivity contribution in [1.29, 1.82) is 0 Å². The van der Waals surface area contributed by atoms with Crippen molar-refractivity contribution in [2.45, 2.75) is 114 Å². The number of H-pyrrole nitrogens is 2. The van der Waals surface area contributed by atoms with Crippen molar-refractivity contribution < 1.29 is 24.3 Å². The van der Waals surface area contributed by atoms with Gasteiger partial charge in [0.05, 0.1) is 46.3 Å². The number of carboxylic acid groups (broad SMARTS) is 1. The third kappa shape index (κ3) is 10.7. The molecular formula is C60H60N18O5. The highest BCUT2D eigenvalue weighted by Crippen LogP contribution is 2.44.